The van der Waals surface area contributed by atoms with Gasteiger partial charge in [0.25, 0.3) is 0 Å². The van der Waals surface area contributed by atoms with Gasteiger partial charge in [-0.15, -0.1) is 0 Å². The summed E-state index contributed by atoms with van der Waals surface area (Å²) in [5, 5.41) is 22.3. The van der Waals surface area contributed by atoms with Gasteiger partial charge in [0.05, 0.1) is 12.2 Å². The normalized spacial score (nSPS) is 17.5. The summed E-state index contributed by atoms with van der Waals surface area (Å²) < 4.78 is 0. The van der Waals surface area contributed by atoms with Crippen molar-refractivity contribution in [1.82, 2.24) is 4.98 Å². The highest BCUT2D eigenvalue weighted by molar-refractivity contribution is 5.56. The highest BCUT2D eigenvalue weighted by Gasteiger charge is 2.31. The van der Waals surface area contributed by atoms with Crippen LogP contribution in [0.5, 0.6) is 0 Å². The molecule has 1 aromatic heterocycles. The molecule has 1 aliphatic carbocycles. The summed E-state index contributed by atoms with van der Waals surface area (Å²) in [4.78, 5) is 4.44. The lowest BCUT2D eigenvalue weighted by atomic mass is 9.74. The average Bonchev–Trinajstić information content (AvgIpc) is 2.45. The maximum absolute atomic E-state index is 9.73. The van der Waals surface area contributed by atoms with Crippen LogP contribution in [0.3, 0.4) is 0 Å². The molecule has 108 valence electrons. The zero-order valence-corrected chi connectivity index (χ0v) is 12.4. The van der Waals surface area contributed by atoms with Crippen molar-refractivity contribution in [2.24, 2.45) is 5.41 Å². The van der Waals surface area contributed by atoms with Crippen molar-refractivity contribution in [1.29, 1.82) is 5.26 Å². The molecule has 2 rings (SSSR count). The molecular weight excluding hydrogens is 250 g/mol. The average molecular weight is 273 g/mol. The molecule has 1 aromatic rings. The molecule has 0 spiro atoms. The SMILES string of the molecule is Cc1cc(C)c(C#N)c(NCC2(CO)CCCCC2)n1. The maximum Gasteiger partial charge on any atom is 0.144 e. The lowest BCUT2D eigenvalue weighted by Gasteiger charge is -2.36. The number of nitrogens with zero attached hydrogens (tertiary/aromatic N) is 2. The minimum atomic E-state index is -0.0513. The molecule has 0 aromatic carbocycles. The molecule has 0 saturated heterocycles. The van der Waals surface area contributed by atoms with Crippen molar-refractivity contribution in [3.05, 3.63) is 22.9 Å². The number of aliphatic hydroxyl groups excluding tert-OH is 1. The van der Waals surface area contributed by atoms with Gasteiger partial charge < -0.3 is 10.4 Å². The summed E-state index contributed by atoms with van der Waals surface area (Å²) in [5.41, 5.74) is 2.42. The van der Waals surface area contributed by atoms with Crippen LogP contribution in [0.4, 0.5) is 5.82 Å². The van der Waals surface area contributed by atoms with Gasteiger partial charge in [-0.1, -0.05) is 19.3 Å². The van der Waals surface area contributed by atoms with Gasteiger partial charge in [0.15, 0.2) is 0 Å². The second-order valence-electron chi connectivity index (χ2n) is 5.99. The molecule has 4 nitrogen and oxygen atoms in total. The second kappa shape index (κ2) is 6.23. The molecule has 1 fully saturated rings. The lowest BCUT2D eigenvalue weighted by molar-refractivity contribution is 0.0943. The molecule has 2 N–H and O–H groups in total. The molecule has 0 atom stereocenters. The van der Waals surface area contributed by atoms with Crippen LogP contribution in [-0.4, -0.2) is 23.2 Å². The lowest BCUT2D eigenvalue weighted by Crippen LogP contribution is -2.36. The van der Waals surface area contributed by atoms with Crippen LogP contribution in [0.1, 0.15) is 48.9 Å². The van der Waals surface area contributed by atoms with Gasteiger partial charge in [0, 0.05) is 17.7 Å². The summed E-state index contributed by atoms with van der Waals surface area (Å²) in [5.74, 6) is 0.656. The molecule has 0 radical (unpaired) electrons. The van der Waals surface area contributed by atoms with Crippen LogP contribution in [0.2, 0.25) is 0 Å². The predicted octanol–water partition coefficient (Wildman–Crippen LogP) is 2.92. The Morgan fingerprint density at radius 1 is 1.35 bits per heavy atom. The highest BCUT2D eigenvalue weighted by atomic mass is 16.3. The van der Waals surface area contributed by atoms with Crippen LogP contribution in [-0.2, 0) is 0 Å². The van der Waals surface area contributed by atoms with Crippen LogP contribution in [0, 0.1) is 30.6 Å². The van der Waals surface area contributed by atoms with E-state index in [-0.39, 0.29) is 12.0 Å². The molecule has 0 unspecified atom stereocenters. The number of rotatable bonds is 4. The first kappa shape index (κ1) is 14.8. The Balaban J connectivity index is 2.16. The van der Waals surface area contributed by atoms with Crippen LogP contribution < -0.4 is 5.32 Å². The van der Waals surface area contributed by atoms with Crippen LogP contribution in [0.25, 0.3) is 0 Å². The molecule has 0 bridgehead atoms. The van der Waals surface area contributed by atoms with Crippen LogP contribution >= 0.6 is 0 Å². The summed E-state index contributed by atoms with van der Waals surface area (Å²) >= 11 is 0. The van der Waals surface area contributed by atoms with E-state index >= 15 is 0 Å². The fourth-order valence-corrected chi connectivity index (χ4v) is 3.07. The van der Waals surface area contributed by atoms with Crippen molar-refractivity contribution in [3.8, 4) is 6.07 Å². The molecule has 0 aliphatic heterocycles. The monoisotopic (exact) mass is 273 g/mol. The van der Waals surface area contributed by atoms with E-state index in [1.165, 1.54) is 19.3 Å². The summed E-state index contributed by atoms with van der Waals surface area (Å²) in [6.45, 7) is 4.75. The quantitative estimate of drug-likeness (QED) is 0.885. The summed E-state index contributed by atoms with van der Waals surface area (Å²) in [6, 6.07) is 4.14. The van der Waals surface area contributed by atoms with Gasteiger partial charge in [0.2, 0.25) is 0 Å². The highest BCUT2D eigenvalue weighted by Crippen LogP contribution is 2.36. The smallest absolute Gasteiger partial charge is 0.144 e. The third-order valence-corrected chi connectivity index (χ3v) is 4.34. The standard InChI is InChI=1S/C16H23N3O/c1-12-8-13(2)19-15(14(12)9-17)18-10-16(11-20)6-4-3-5-7-16/h8,20H,3-7,10-11H2,1-2H3,(H,18,19). The Morgan fingerprint density at radius 2 is 2.05 bits per heavy atom. The first-order valence-corrected chi connectivity index (χ1v) is 7.33. The van der Waals surface area contributed by atoms with E-state index in [1.54, 1.807) is 0 Å². The van der Waals surface area contributed by atoms with Crippen molar-refractivity contribution >= 4 is 5.82 Å². The molecule has 1 saturated carbocycles. The van der Waals surface area contributed by atoms with Gasteiger partial charge in [0.1, 0.15) is 11.9 Å². The number of aliphatic hydroxyl groups is 1. The number of nitrogens with one attached hydrogen (secondary N) is 1. The zero-order chi connectivity index (χ0) is 14.6. The minimum absolute atomic E-state index is 0.0513. The van der Waals surface area contributed by atoms with E-state index in [1.807, 2.05) is 19.9 Å². The van der Waals surface area contributed by atoms with E-state index in [4.69, 9.17) is 0 Å². The Morgan fingerprint density at radius 3 is 2.65 bits per heavy atom. The number of nitriles is 1. The van der Waals surface area contributed by atoms with Crippen molar-refractivity contribution in [3.63, 3.8) is 0 Å². The fraction of sp³-hybridized carbons (Fsp3) is 0.625. The van der Waals surface area contributed by atoms with Crippen molar-refractivity contribution in [2.45, 2.75) is 46.0 Å². The number of aromatic nitrogens is 1. The third-order valence-electron chi connectivity index (χ3n) is 4.34. The zero-order valence-electron chi connectivity index (χ0n) is 12.4. The Kier molecular flexibility index (Phi) is 4.61. The molecule has 1 heterocycles. The molecule has 0 amide bonds. The number of hydrogen-bond acceptors (Lipinski definition) is 4. The second-order valence-corrected chi connectivity index (χ2v) is 5.99. The summed E-state index contributed by atoms with van der Waals surface area (Å²) in [7, 11) is 0. The minimum Gasteiger partial charge on any atom is -0.396 e. The number of anilines is 1. The van der Waals surface area contributed by atoms with Crippen molar-refractivity contribution in [2.75, 3.05) is 18.5 Å². The van der Waals surface area contributed by atoms with E-state index in [0.717, 1.165) is 24.1 Å². The molecule has 20 heavy (non-hydrogen) atoms. The predicted molar refractivity (Wildman–Crippen MR) is 79.5 cm³/mol. The Bertz CT molecular complexity index is 513. The fourth-order valence-electron chi connectivity index (χ4n) is 3.07. The molecule has 4 heteroatoms. The maximum atomic E-state index is 9.73. The van der Waals surface area contributed by atoms with Gasteiger partial charge >= 0.3 is 0 Å². The summed E-state index contributed by atoms with van der Waals surface area (Å²) in [6.07, 6.45) is 5.70. The topological polar surface area (TPSA) is 68.9 Å². The number of pyridine rings is 1. The van der Waals surface area contributed by atoms with Gasteiger partial charge in [-0.25, -0.2) is 4.98 Å². The van der Waals surface area contributed by atoms with E-state index in [0.29, 0.717) is 17.9 Å². The van der Waals surface area contributed by atoms with E-state index in [9.17, 15) is 10.4 Å². The molecular formula is C16H23N3O. The first-order chi connectivity index (χ1) is 9.60. The third kappa shape index (κ3) is 3.10. The Hall–Kier alpha value is -1.60. The van der Waals surface area contributed by atoms with Gasteiger partial charge in [-0.05, 0) is 38.3 Å². The number of aryl methyl sites for hydroxylation is 2. The van der Waals surface area contributed by atoms with Gasteiger partial charge in [-0.2, -0.15) is 5.26 Å². The first-order valence-electron chi connectivity index (χ1n) is 7.33. The van der Waals surface area contributed by atoms with Crippen molar-refractivity contribution < 1.29 is 5.11 Å². The van der Waals surface area contributed by atoms with Crippen LogP contribution in [0.15, 0.2) is 6.07 Å². The molecule has 1 aliphatic rings. The number of hydrogen-bond donors (Lipinski definition) is 2. The largest absolute Gasteiger partial charge is 0.396 e. The Labute approximate surface area is 120 Å². The van der Waals surface area contributed by atoms with E-state index in [2.05, 4.69) is 16.4 Å². The van der Waals surface area contributed by atoms with Gasteiger partial charge in [-0.3, -0.25) is 0 Å². The van der Waals surface area contributed by atoms with E-state index < -0.39 is 0 Å².